The predicted molar refractivity (Wildman–Crippen MR) is 62.2 cm³/mol. The summed E-state index contributed by atoms with van der Waals surface area (Å²) in [6, 6.07) is 7.71. The summed E-state index contributed by atoms with van der Waals surface area (Å²) >= 11 is 0. The Bertz CT molecular complexity index is 378. The van der Waals surface area contributed by atoms with E-state index in [0.29, 0.717) is 6.61 Å². The molecule has 78 valence electrons. The molecule has 0 radical (unpaired) electrons. The Hall–Kier alpha value is -1.83. The second-order valence-electron chi connectivity index (χ2n) is 2.92. The monoisotopic (exact) mass is 202 g/mol. The second-order valence-corrected chi connectivity index (χ2v) is 2.92. The van der Waals surface area contributed by atoms with Gasteiger partial charge in [-0.1, -0.05) is 36.9 Å². The Balaban J connectivity index is 2.79. The first kappa shape index (κ1) is 11.2. The number of hydrogen-bond acceptors (Lipinski definition) is 2. The predicted octanol–water partition coefficient (Wildman–Crippen LogP) is 2.91. The minimum atomic E-state index is -0.323. The third-order valence-corrected chi connectivity index (χ3v) is 1.90. The van der Waals surface area contributed by atoms with Gasteiger partial charge < -0.3 is 4.74 Å². The van der Waals surface area contributed by atoms with Gasteiger partial charge >= 0.3 is 5.97 Å². The lowest BCUT2D eigenvalue weighted by Gasteiger charge is -1.99. The van der Waals surface area contributed by atoms with Gasteiger partial charge in [-0.25, -0.2) is 4.79 Å². The van der Waals surface area contributed by atoms with Gasteiger partial charge in [0.15, 0.2) is 0 Å². The molecular weight excluding hydrogens is 188 g/mol. The molecule has 0 aliphatic carbocycles. The summed E-state index contributed by atoms with van der Waals surface area (Å²) in [5, 5.41) is 0. The molecule has 0 aliphatic heterocycles. The van der Waals surface area contributed by atoms with Crippen LogP contribution in [0.5, 0.6) is 0 Å². The van der Waals surface area contributed by atoms with Crippen molar-refractivity contribution in [3.63, 3.8) is 0 Å². The van der Waals surface area contributed by atoms with Crippen LogP contribution in [0.1, 0.15) is 18.1 Å². The van der Waals surface area contributed by atoms with E-state index in [1.165, 1.54) is 6.08 Å². The molecule has 1 rings (SSSR count). The topological polar surface area (TPSA) is 26.3 Å². The third-order valence-electron chi connectivity index (χ3n) is 1.90. The average molecular weight is 202 g/mol. The van der Waals surface area contributed by atoms with Crippen molar-refractivity contribution in [1.82, 2.24) is 0 Å². The number of carbonyl (C=O) groups is 1. The maximum Gasteiger partial charge on any atom is 0.330 e. The molecule has 0 saturated heterocycles. The third kappa shape index (κ3) is 3.43. The largest absolute Gasteiger partial charge is 0.463 e. The van der Waals surface area contributed by atoms with Crippen molar-refractivity contribution in [2.75, 3.05) is 6.61 Å². The van der Waals surface area contributed by atoms with Crippen LogP contribution in [0.2, 0.25) is 0 Å². The van der Waals surface area contributed by atoms with Crippen LogP contribution >= 0.6 is 0 Å². The summed E-state index contributed by atoms with van der Waals surface area (Å²) in [5.74, 6) is -0.323. The van der Waals surface area contributed by atoms with E-state index in [2.05, 4.69) is 6.58 Å². The van der Waals surface area contributed by atoms with Gasteiger partial charge in [-0.15, -0.1) is 0 Å². The lowest BCUT2D eigenvalue weighted by atomic mass is 10.1. The van der Waals surface area contributed by atoms with E-state index in [9.17, 15) is 4.79 Å². The fraction of sp³-hybridized carbons (Fsp3) is 0.154. The van der Waals surface area contributed by atoms with Crippen LogP contribution in [0.3, 0.4) is 0 Å². The number of esters is 1. The van der Waals surface area contributed by atoms with E-state index in [4.69, 9.17) is 4.74 Å². The van der Waals surface area contributed by atoms with Crippen molar-refractivity contribution in [2.45, 2.75) is 6.92 Å². The molecule has 0 aromatic heterocycles. The summed E-state index contributed by atoms with van der Waals surface area (Å²) in [4.78, 5) is 11.1. The molecule has 0 spiro atoms. The maximum atomic E-state index is 11.1. The van der Waals surface area contributed by atoms with Crippen LogP contribution in [0.4, 0.5) is 0 Å². The van der Waals surface area contributed by atoms with E-state index in [1.807, 2.05) is 24.3 Å². The molecule has 0 amide bonds. The first-order chi connectivity index (χ1) is 7.27. The van der Waals surface area contributed by atoms with Gasteiger partial charge in [-0.2, -0.15) is 0 Å². The van der Waals surface area contributed by atoms with Gasteiger partial charge in [0.05, 0.1) is 6.61 Å². The summed E-state index contributed by atoms with van der Waals surface area (Å²) in [6.45, 7) is 5.88. The number of hydrogen-bond donors (Lipinski definition) is 0. The van der Waals surface area contributed by atoms with Gasteiger partial charge in [0.25, 0.3) is 0 Å². The van der Waals surface area contributed by atoms with Crippen molar-refractivity contribution in [1.29, 1.82) is 0 Å². The quantitative estimate of drug-likeness (QED) is 0.554. The standard InChI is InChI=1S/C13H14O2/c1-3-11-7-5-6-8-12(11)9-10-13(14)15-4-2/h3,5-10H,1,4H2,2H3/b10-9+. The van der Waals surface area contributed by atoms with Crippen LogP contribution in [0.25, 0.3) is 12.2 Å². The summed E-state index contributed by atoms with van der Waals surface area (Å²) in [5.41, 5.74) is 1.96. The number of ether oxygens (including phenoxy) is 1. The van der Waals surface area contributed by atoms with Crippen molar-refractivity contribution in [3.05, 3.63) is 48.0 Å². The van der Waals surface area contributed by atoms with Crippen LogP contribution in [-0.2, 0) is 9.53 Å². The maximum absolute atomic E-state index is 11.1. The normalized spacial score (nSPS) is 10.2. The minimum Gasteiger partial charge on any atom is -0.463 e. The number of rotatable bonds is 4. The first-order valence-electron chi connectivity index (χ1n) is 4.84. The molecule has 0 unspecified atom stereocenters. The van der Waals surface area contributed by atoms with Gasteiger partial charge in [0, 0.05) is 6.08 Å². The summed E-state index contributed by atoms with van der Waals surface area (Å²) in [7, 11) is 0. The van der Waals surface area contributed by atoms with Gasteiger partial charge in [0.1, 0.15) is 0 Å². The van der Waals surface area contributed by atoms with E-state index in [0.717, 1.165) is 11.1 Å². The molecule has 0 fully saturated rings. The smallest absolute Gasteiger partial charge is 0.330 e. The molecule has 1 aromatic rings. The fourth-order valence-corrected chi connectivity index (χ4v) is 1.20. The number of benzene rings is 1. The second kappa shape index (κ2) is 5.81. The van der Waals surface area contributed by atoms with Crippen LogP contribution in [0, 0.1) is 0 Å². The highest BCUT2D eigenvalue weighted by molar-refractivity contribution is 5.87. The average Bonchev–Trinajstić information content (AvgIpc) is 2.27. The Morgan fingerprint density at radius 1 is 1.40 bits per heavy atom. The molecule has 0 atom stereocenters. The van der Waals surface area contributed by atoms with E-state index in [-0.39, 0.29) is 5.97 Å². The zero-order chi connectivity index (χ0) is 11.1. The molecule has 0 aliphatic rings. The summed E-state index contributed by atoms with van der Waals surface area (Å²) < 4.78 is 4.79. The molecule has 2 heteroatoms. The van der Waals surface area contributed by atoms with Crippen molar-refractivity contribution in [3.8, 4) is 0 Å². The Labute approximate surface area is 89.9 Å². The van der Waals surface area contributed by atoms with Gasteiger partial charge in [0.2, 0.25) is 0 Å². The lowest BCUT2D eigenvalue weighted by molar-refractivity contribution is -0.137. The van der Waals surface area contributed by atoms with Crippen LogP contribution in [-0.4, -0.2) is 12.6 Å². The van der Waals surface area contributed by atoms with Gasteiger partial charge in [-0.05, 0) is 24.1 Å². The molecule has 0 bridgehead atoms. The molecule has 2 nitrogen and oxygen atoms in total. The molecule has 0 N–H and O–H groups in total. The van der Waals surface area contributed by atoms with Crippen molar-refractivity contribution < 1.29 is 9.53 Å². The SMILES string of the molecule is C=Cc1ccccc1/C=C/C(=O)OCC. The van der Waals surface area contributed by atoms with Gasteiger partial charge in [-0.3, -0.25) is 0 Å². The highest BCUT2D eigenvalue weighted by atomic mass is 16.5. The Morgan fingerprint density at radius 3 is 2.67 bits per heavy atom. The Kier molecular flexibility index (Phi) is 4.35. The van der Waals surface area contributed by atoms with E-state index in [1.54, 1.807) is 19.1 Å². The zero-order valence-corrected chi connectivity index (χ0v) is 8.77. The molecule has 15 heavy (non-hydrogen) atoms. The first-order valence-corrected chi connectivity index (χ1v) is 4.84. The molecule has 1 aromatic carbocycles. The Morgan fingerprint density at radius 2 is 2.07 bits per heavy atom. The van der Waals surface area contributed by atoms with E-state index < -0.39 is 0 Å². The molecule has 0 heterocycles. The highest BCUT2D eigenvalue weighted by Gasteiger charge is 1.96. The minimum absolute atomic E-state index is 0.323. The lowest BCUT2D eigenvalue weighted by Crippen LogP contribution is -1.98. The van der Waals surface area contributed by atoms with Crippen molar-refractivity contribution in [2.24, 2.45) is 0 Å². The van der Waals surface area contributed by atoms with E-state index >= 15 is 0 Å². The highest BCUT2D eigenvalue weighted by Crippen LogP contribution is 2.11. The zero-order valence-electron chi connectivity index (χ0n) is 8.77. The van der Waals surface area contributed by atoms with Crippen LogP contribution < -0.4 is 0 Å². The number of carbonyl (C=O) groups excluding carboxylic acids is 1. The summed E-state index contributed by atoms with van der Waals surface area (Å²) in [6.07, 6.45) is 4.91. The van der Waals surface area contributed by atoms with Crippen LogP contribution in [0.15, 0.2) is 36.9 Å². The fourth-order valence-electron chi connectivity index (χ4n) is 1.20. The molecular formula is C13H14O2. The molecule has 0 saturated carbocycles. The van der Waals surface area contributed by atoms with Crippen molar-refractivity contribution >= 4 is 18.1 Å².